The van der Waals surface area contributed by atoms with Crippen molar-refractivity contribution in [1.29, 1.82) is 0 Å². The maximum atomic E-state index is 12.5. The van der Waals surface area contributed by atoms with Gasteiger partial charge in [0.15, 0.2) is 11.8 Å². The highest BCUT2D eigenvalue weighted by Gasteiger charge is 2.15. The average molecular weight is 591 g/mol. The van der Waals surface area contributed by atoms with Crippen molar-refractivity contribution in [2.75, 3.05) is 5.32 Å². The molecule has 1 amide bonds. The largest absolute Gasteiger partial charge is 0.481 e. The SMILES string of the molecule is CC(Oc1ccccc1)C(=O)NCc1cccc(CNc2cc(-c3ccccc3Cl)nc3c(Br)cnn23)c1. The molecule has 3 aromatic carbocycles. The fourth-order valence-corrected chi connectivity index (χ4v) is 4.58. The van der Waals surface area contributed by atoms with Crippen LogP contribution in [0.3, 0.4) is 0 Å². The Morgan fingerprint density at radius 1 is 1.00 bits per heavy atom. The molecule has 2 N–H and O–H groups in total. The number of carbonyl (C=O) groups excluding carboxylic acids is 1. The van der Waals surface area contributed by atoms with Crippen LogP contribution in [0.5, 0.6) is 5.75 Å². The second-order valence-corrected chi connectivity index (χ2v) is 9.96. The van der Waals surface area contributed by atoms with Crippen LogP contribution in [-0.2, 0) is 17.9 Å². The van der Waals surface area contributed by atoms with Gasteiger partial charge in [-0.2, -0.15) is 9.61 Å². The Morgan fingerprint density at radius 2 is 1.74 bits per heavy atom. The summed E-state index contributed by atoms with van der Waals surface area (Å²) in [5.41, 5.74) is 4.32. The smallest absolute Gasteiger partial charge is 0.261 e. The Bertz CT molecular complexity index is 1570. The molecule has 5 aromatic rings. The van der Waals surface area contributed by atoms with Crippen molar-refractivity contribution < 1.29 is 9.53 Å². The van der Waals surface area contributed by atoms with Crippen LogP contribution in [0.4, 0.5) is 5.82 Å². The van der Waals surface area contributed by atoms with Gasteiger partial charge in [-0.1, -0.05) is 72.3 Å². The topological polar surface area (TPSA) is 80.5 Å². The van der Waals surface area contributed by atoms with Crippen LogP contribution in [0.15, 0.2) is 95.6 Å². The number of nitrogens with one attached hydrogen (secondary N) is 2. The van der Waals surface area contributed by atoms with E-state index in [2.05, 4.69) is 37.7 Å². The molecule has 5 rings (SSSR count). The first kappa shape index (κ1) is 25.8. The molecule has 0 saturated carbocycles. The zero-order valence-electron chi connectivity index (χ0n) is 20.6. The van der Waals surface area contributed by atoms with Gasteiger partial charge in [0.2, 0.25) is 0 Å². The summed E-state index contributed by atoms with van der Waals surface area (Å²) in [7, 11) is 0. The number of aromatic nitrogens is 3. The van der Waals surface area contributed by atoms with Gasteiger partial charge in [-0.25, -0.2) is 4.98 Å². The molecule has 0 spiro atoms. The monoisotopic (exact) mass is 589 g/mol. The minimum Gasteiger partial charge on any atom is -0.481 e. The van der Waals surface area contributed by atoms with Crippen molar-refractivity contribution in [2.45, 2.75) is 26.1 Å². The van der Waals surface area contributed by atoms with Gasteiger partial charge in [0, 0.05) is 29.7 Å². The van der Waals surface area contributed by atoms with E-state index in [-0.39, 0.29) is 5.91 Å². The highest BCUT2D eigenvalue weighted by molar-refractivity contribution is 9.10. The quantitative estimate of drug-likeness (QED) is 0.205. The number of ether oxygens (including phenoxy) is 1. The Kier molecular flexibility index (Phi) is 7.91. The number of para-hydroxylation sites is 1. The van der Waals surface area contributed by atoms with E-state index in [1.165, 1.54) is 0 Å². The molecule has 7 nitrogen and oxygen atoms in total. The molecule has 2 heterocycles. The molecule has 0 saturated heterocycles. The number of hydrogen-bond acceptors (Lipinski definition) is 5. The average Bonchev–Trinajstić information content (AvgIpc) is 3.32. The Morgan fingerprint density at radius 3 is 2.53 bits per heavy atom. The summed E-state index contributed by atoms with van der Waals surface area (Å²) in [6, 6.07) is 26.9. The Labute approximate surface area is 233 Å². The van der Waals surface area contributed by atoms with Gasteiger partial charge in [-0.3, -0.25) is 4.79 Å². The number of nitrogens with zero attached hydrogens (tertiary/aromatic N) is 3. The van der Waals surface area contributed by atoms with Crippen molar-refractivity contribution >= 4 is 44.9 Å². The minimum absolute atomic E-state index is 0.173. The fraction of sp³-hybridized carbons (Fsp3) is 0.138. The third-order valence-corrected chi connectivity index (χ3v) is 6.82. The highest BCUT2D eigenvalue weighted by atomic mass is 79.9. The van der Waals surface area contributed by atoms with Crippen LogP contribution in [0, 0.1) is 0 Å². The number of benzene rings is 3. The summed E-state index contributed by atoms with van der Waals surface area (Å²) in [5.74, 6) is 1.27. The van der Waals surface area contributed by atoms with Crippen LogP contribution >= 0.6 is 27.5 Å². The van der Waals surface area contributed by atoms with Gasteiger partial charge in [-0.15, -0.1) is 0 Å². The third kappa shape index (κ3) is 5.98. The maximum Gasteiger partial charge on any atom is 0.261 e. The van der Waals surface area contributed by atoms with E-state index in [0.717, 1.165) is 32.7 Å². The Balaban J connectivity index is 1.27. The summed E-state index contributed by atoms with van der Waals surface area (Å²) >= 11 is 9.99. The third-order valence-electron chi connectivity index (χ3n) is 5.94. The van der Waals surface area contributed by atoms with Crippen LogP contribution in [-0.4, -0.2) is 26.6 Å². The van der Waals surface area contributed by atoms with Crippen molar-refractivity contribution in [2.24, 2.45) is 0 Å². The molecule has 1 atom stereocenters. The van der Waals surface area contributed by atoms with Gasteiger partial charge in [-0.05, 0) is 52.2 Å². The molecule has 0 aliphatic rings. The summed E-state index contributed by atoms with van der Waals surface area (Å²) in [6.07, 6.45) is 1.12. The number of rotatable bonds is 9. The molecular weight excluding hydrogens is 566 g/mol. The van der Waals surface area contributed by atoms with E-state index in [9.17, 15) is 4.79 Å². The summed E-state index contributed by atoms with van der Waals surface area (Å²) in [4.78, 5) is 17.3. The number of carbonyl (C=O) groups is 1. The first-order valence-corrected chi connectivity index (χ1v) is 13.3. The van der Waals surface area contributed by atoms with E-state index < -0.39 is 6.10 Å². The number of fused-ring (bicyclic) bond motifs is 1. The molecule has 0 radical (unpaired) electrons. The van der Waals surface area contributed by atoms with Crippen molar-refractivity contribution in [3.63, 3.8) is 0 Å². The van der Waals surface area contributed by atoms with E-state index in [4.69, 9.17) is 21.3 Å². The van der Waals surface area contributed by atoms with Crippen molar-refractivity contribution in [1.82, 2.24) is 19.9 Å². The van der Waals surface area contributed by atoms with E-state index in [1.807, 2.05) is 78.9 Å². The lowest BCUT2D eigenvalue weighted by atomic mass is 10.1. The summed E-state index contributed by atoms with van der Waals surface area (Å²) in [6.45, 7) is 2.69. The molecule has 2 aromatic heterocycles. The van der Waals surface area contributed by atoms with Crippen LogP contribution in [0.25, 0.3) is 16.9 Å². The van der Waals surface area contributed by atoms with Crippen molar-refractivity contribution in [3.8, 4) is 17.0 Å². The lowest BCUT2D eigenvalue weighted by molar-refractivity contribution is -0.127. The van der Waals surface area contributed by atoms with Crippen molar-refractivity contribution in [3.05, 3.63) is 112 Å². The summed E-state index contributed by atoms with van der Waals surface area (Å²) in [5, 5.41) is 11.5. The first-order valence-electron chi connectivity index (χ1n) is 12.1. The van der Waals surface area contributed by atoms with Gasteiger partial charge < -0.3 is 15.4 Å². The molecule has 38 heavy (non-hydrogen) atoms. The lowest BCUT2D eigenvalue weighted by Crippen LogP contribution is -2.35. The number of anilines is 1. The predicted molar refractivity (Wildman–Crippen MR) is 153 cm³/mol. The zero-order chi connectivity index (χ0) is 26.5. The summed E-state index contributed by atoms with van der Waals surface area (Å²) < 4.78 is 8.26. The van der Waals surface area contributed by atoms with Gasteiger partial charge in [0.05, 0.1) is 16.4 Å². The van der Waals surface area contributed by atoms with Crippen LogP contribution in [0.1, 0.15) is 18.1 Å². The standard InChI is InChI=1S/C29H25BrClN5O2/c1-19(38-22-10-3-2-4-11-22)29(37)33-17-21-9-7-8-20(14-21)16-32-27-15-26(23-12-5-6-13-25(23)31)35-28-24(30)18-34-36(27)28/h2-15,18-19,32H,16-17H2,1H3,(H,33,37). The van der Waals surface area contributed by atoms with Gasteiger partial charge in [0.25, 0.3) is 5.91 Å². The molecule has 9 heteroatoms. The number of amides is 1. The van der Waals surface area contributed by atoms with E-state index >= 15 is 0 Å². The fourth-order valence-electron chi connectivity index (χ4n) is 4.00. The van der Waals surface area contributed by atoms with Gasteiger partial charge >= 0.3 is 0 Å². The maximum absolute atomic E-state index is 12.5. The van der Waals surface area contributed by atoms with Crippen LogP contribution < -0.4 is 15.4 Å². The molecular formula is C29H25BrClN5O2. The van der Waals surface area contributed by atoms with Gasteiger partial charge in [0.1, 0.15) is 11.6 Å². The lowest BCUT2D eigenvalue weighted by Gasteiger charge is -2.15. The second-order valence-electron chi connectivity index (χ2n) is 8.70. The molecule has 0 aliphatic heterocycles. The first-order chi connectivity index (χ1) is 18.5. The predicted octanol–water partition coefficient (Wildman–Crippen LogP) is 6.51. The molecule has 0 aliphatic carbocycles. The molecule has 0 fully saturated rings. The van der Waals surface area contributed by atoms with E-state index in [1.54, 1.807) is 17.6 Å². The second kappa shape index (κ2) is 11.7. The highest BCUT2D eigenvalue weighted by Crippen LogP contribution is 2.30. The molecule has 0 bridgehead atoms. The van der Waals surface area contributed by atoms with E-state index in [0.29, 0.717) is 29.5 Å². The minimum atomic E-state index is -0.600. The molecule has 1 unspecified atom stereocenters. The molecule has 192 valence electrons. The zero-order valence-corrected chi connectivity index (χ0v) is 22.9. The number of halogens is 2. The Hall–Kier alpha value is -3.88. The normalized spacial score (nSPS) is 11.8. The van der Waals surface area contributed by atoms with Crippen LogP contribution in [0.2, 0.25) is 5.02 Å². The number of hydrogen-bond donors (Lipinski definition) is 2.